The van der Waals surface area contributed by atoms with Crippen molar-refractivity contribution in [3.8, 4) is 0 Å². The number of hydrogen-bond acceptors (Lipinski definition) is 3. The highest BCUT2D eigenvalue weighted by molar-refractivity contribution is 7.71. The maximum atomic E-state index is 9.27. The number of aromatic amines is 1. The van der Waals surface area contributed by atoms with Gasteiger partial charge in [-0.25, -0.2) is 0 Å². The molecule has 5 heteroatoms. The van der Waals surface area contributed by atoms with Gasteiger partial charge in [0, 0.05) is 13.0 Å². The number of nitrogens with one attached hydrogen (secondary N) is 1. The van der Waals surface area contributed by atoms with Crippen LogP contribution in [0, 0.1) is 10.7 Å². The molecule has 0 aromatic carbocycles. The summed E-state index contributed by atoms with van der Waals surface area (Å²) in [7, 11) is 0. The topological polar surface area (TPSA) is 53.8 Å². The highest BCUT2D eigenvalue weighted by Crippen LogP contribution is 2.06. The average Bonchev–Trinajstić information content (AvgIpc) is 2.34. The average molecular weight is 215 g/mol. The van der Waals surface area contributed by atoms with E-state index in [0.717, 1.165) is 12.4 Å². The minimum Gasteiger partial charge on any atom is -0.393 e. The lowest BCUT2D eigenvalue weighted by atomic mass is 10.2. The third-order valence-corrected chi connectivity index (χ3v) is 2.17. The summed E-state index contributed by atoms with van der Waals surface area (Å²) in [6.45, 7) is 6.84. The summed E-state index contributed by atoms with van der Waals surface area (Å²) in [5.41, 5.74) is 0. The fourth-order valence-corrected chi connectivity index (χ4v) is 1.55. The van der Waals surface area contributed by atoms with Crippen LogP contribution in [-0.2, 0) is 13.0 Å². The van der Waals surface area contributed by atoms with Crippen LogP contribution in [0.5, 0.6) is 0 Å². The Morgan fingerprint density at radius 2 is 2.14 bits per heavy atom. The van der Waals surface area contributed by atoms with Crippen LogP contribution in [0.4, 0.5) is 0 Å². The third-order valence-electron chi connectivity index (χ3n) is 1.86. The SMILES string of the molecule is CC(C)Cn1c(C[C@@H](C)O)n[nH]c1=S. The van der Waals surface area contributed by atoms with Crippen LogP contribution in [0.25, 0.3) is 0 Å². The molecule has 0 radical (unpaired) electrons. The van der Waals surface area contributed by atoms with E-state index in [1.807, 2.05) is 4.57 Å². The number of aliphatic hydroxyl groups is 1. The fourth-order valence-electron chi connectivity index (χ4n) is 1.32. The van der Waals surface area contributed by atoms with Crippen molar-refractivity contribution in [2.45, 2.75) is 39.8 Å². The van der Waals surface area contributed by atoms with Gasteiger partial charge in [-0.15, -0.1) is 0 Å². The summed E-state index contributed by atoms with van der Waals surface area (Å²) in [6, 6.07) is 0. The normalized spacial score (nSPS) is 13.5. The van der Waals surface area contributed by atoms with Gasteiger partial charge < -0.3 is 9.67 Å². The quantitative estimate of drug-likeness (QED) is 0.749. The molecule has 0 bridgehead atoms. The number of nitrogens with zero attached hydrogens (tertiary/aromatic N) is 2. The number of H-pyrrole nitrogens is 1. The molecule has 0 saturated heterocycles. The van der Waals surface area contributed by atoms with Crippen LogP contribution in [-0.4, -0.2) is 26.0 Å². The second kappa shape index (κ2) is 4.70. The van der Waals surface area contributed by atoms with E-state index in [2.05, 4.69) is 24.0 Å². The Morgan fingerprint density at radius 3 is 2.64 bits per heavy atom. The summed E-state index contributed by atoms with van der Waals surface area (Å²) in [6.07, 6.45) is 0.158. The molecule has 0 unspecified atom stereocenters. The van der Waals surface area contributed by atoms with Crippen molar-refractivity contribution in [3.63, 3.8) is 0 Å². The molecule has 0 amide bonds. The molecule has 1 atom stereocenters. The predicted octanol–water partition coefficient (Wildman–Crippen LogP) is 1.52. The molecule has 0 aliphatic rings. The van der Waals surface area contributed by atoms with Gasteiger partial charge in [0.25, 0.3) is 0 Å². The number of aromatic nitrogens is 3. The standard InChI is InChI=1S/C9H17N3OS/c1-6(2)5-12-8(4-7(3)13)10-11-9(12)14/h6-7,13H,4-5H2,1-3H3,(H,11,14)/t7-/m1/s1. The Balaban J connectivity index is 2.88. The lowest BCUT2D eigenvalue weighted by molar-refractivity contribution is 0.191. The lowest BCUT2D eigenvalue weighted by Crippen LogP contribution is -2.14. The second-order valence-electron chi connectivity index (χ2n) is 4.00. The molecule has 0 saturated carbocycles. The summed E-state index contributed by atoms with van der Waals surface area (Å²) >= 11 is 5.11. The first-order valence-corrected chi connectivity index (χ1v) is 5.23. The highest BCUT2D eigenvalue weighted by atomic mass is 32.1. The van der Waals surface area contributed by atoms with E-state index in [4.69, 9.17) is 12.2 Å². The maximum absolute atomic E-state index is 9.27. The van der Waals surface area contributed by atoms with Crippen molar-refractivity contribution in [3.05, 3.63) is 10.6 Å². The van der Waals surface area contributed by atoms with E-state index in [1.54, 1.807) is 6.92 Å². The smallest absolute Gasteiger partial charge is 0.195 e. The van der Waals surface area contributed by atoms with Crippen molar-refractivity contribution in [1.82, 2.24) is 14.8 Å². The molecule has 0 spiro atoms. The number of rotatable bonds is 4. The van der Waals surface area contributed by atoms with Crippen LogP contribution < -0.4 is 0 Å². The molecular weight excluding hydrogens is 198 g/mol. The second-order valence-corrected chi connectivity index (χ2v) is 4.39. The molecule has 14 heavy (non-hydrogen) atoms. The van der Waals surface area contributed by atoms with Gasteiger partial charge in [-0.2, -0.15) is 5.10 Å². The van der Waals surface area contributed by atoms with Crippen LogP contribution in [0.15, 0.2) is 0 Å². The van der Waals surface area contributed by atoms with Gasteiger partial charge in [0.05, 0.1) is 6.10 Å². The Hall–Kier alpha value is -0.680. The van der Waals surface area contributed by atoms with Crippen LogP contribution in [0.1, 0.15) is 26.6 Å². The molecular formula is C9H17N3OS. The van der Waals surface area contributed by atoms with Gasteiger partial charge in [-0.1, -0.05) is 13.8 Å². The summed E-state index contributed by atoms with van der Waals surface area (Å²) in [5.74, 6) is 1.35. The summed E-state index contributed by atoms with van der Waals surface area (Å²) < 4.78 is 2.58. The van der Waals surface area contributed by atoms with E-state index in [0.29, 0.717) is 17.1 Å². The maximum Gasteiger partial charge on any atom is 0.195 e. The zero-order valence-corrected chi connectivity index (χ0v) is 9.64. The van der Waals surface area contributed by atoms with Gasteiger partial charge in [0.15, 0.2) is 4.77 Å². The lowest BCUT2D eigenvalue weighted by Gasteiger charge is -2.09. The zero-order chi connectivity index (χ0) is 10.7. The van der Waals surface area contributed by atoms with Crippen molar-refractivity contribution in [2.75, 3.05) is 0 Å². The molecule has 1 rings (SSSR count). The molecule has 1 aromatic rings. The highest BCUT2D eigenvalue weighted by Gasteiger charge is 2.09. The molecule has 0 fully saturated rings. The van der Waals surface area contributed by atoms with Gasteiger partial charge in [-0.3, -0.25) is 5.10 Å². The monoisotopic (exact) mass is 215 g/mol. The van der Waals surface area contributed by atoms with Crippen molar-refractivity contribution >= 4 is 12.2 Å². The van der Waals surface area contributed by atoms with Gasteiger partial charge >= 0.3 is 0 Å². The molecule has 80 valence electrons. The molecule has 4 nitrogen and oxygen atoms in total. The van der Waals surface area contributed by atoms with Crippen molar-refractivity contribution in [1.29, 1.82) is 0 Å². The fraction of sp³-hybridized carbons (Fsp3) is 0.778. The first-order chi connectivity index (χ1) is 6.50. The Bertz CT molecular complexity index is 340. The molecule has 0 aliphatic heterocycles. The minimum atomic E-state index is -0.383. The van der Waals surface area contributed by atoms with Crippen LogP contribution in [0.3, 0.4) is 0 Å². The van der Waals surface area contributed by atoms with Gasteiger partial charge in [0.2, 0.25) is 0 Å². The number of hydrogen-bond donors (Lipinski definition) is 2. The van der Waals surface area contributed by atoms with E-state index >= 15 is 0 Å². The molecule has 1 heterocycles. The van der Waals surface area contributed by atoms with Crippen molar-refractivity contribution in [2.24, 2.45) is 5.92 Å². The molecule has 2 N–H and O–H groups in total. The Kier molecular flexibility index (Phi) is 3.83. The third kappa shape index (κ3) is 2.92. The van der Waals surface area contributed by atoms with E-state index < -0.39 is 0 Å². The molecule has 0 aliphatic carbocycles. The Morgan fingerprint density at radius 1 is 1.50 bits per heavy atom. The summed E-state index contributed by atoms with van der Waals surface area (Å²) in [4.78, 5) is 0. The van der Waals surface area contributed by atoms with E-state index in [1.165, 1.54) is 0 Å². The zero-order valence-electron chi connectivity index (χ0n) is 8.82. The summed E-state index contributed by atoms with van der Waals surface area (Å²) in [5, 5.41) is 16.1. The van der Waals surface area contributed by atoms with Gasteiger partial charge in [0.1, 0.15) is 5.82 Å². The largest absolute Gasteiger partial charge is 0.393 e. The Labute approximate surface area is 89.0 Å². The molecule has 1 aromatic heterocycles. The first-order valence-electron chi connectivity index (χ1n) is 4.83. The van der Waals surface area contributed by atoms with E-state index in [-0.39, 0.29) is 6.10 Å². The van der Waals surface area contributed by atoms with Crippen molar-refractivity contribution < 1.29 is 5.11 Å². The van der Waals surface area contributed by atoms with Gasteiger partial charge in [-0.05, 0) is 25.1 Å². The minimum absolute atomic E-state index is 0.383. The predicted molar refractivity (Wildman–Crippen MR) is 57.6 cm³/mol. The van der Waals surface area contributed by atoms with Crippen LogP contribution in [0.2, 0.25) is 0 Å². The van der Waals surface area contributed by atoms with Crippen LogP contribution >= 0.6 is 12.2 Å². The van der Waals surface area contributed by atoms with E-state index in [9.17, 15) is 5.11 Å². The first kappa shape index (κ1) is 11.4. The number of aliphatic hydroxyl groups excluding tert-OH is 1.